The minimum Gasteiger partial charge on any atom is -0.399 e. The first-order valence-electron chi connectivity index (χ1n) is 10.6. The van der Waals surface area contributed by atoms with Gasteiger partial charge in [-0.1, -0.05) is 64.6 Å². The molecule has 0 fully saturated rings. The lowest BCUT2D eigenvalue weighted by Gasteiger charge is -2.07. The highest BCUT2D eigenvalue weighted by molar-refractivity contribution is 7.22. The van der Waals surface area contributed by atoms with Gasteiger partial charge in [-0.15, -0.1) is 16.4 Å². The summed E-state index contributed by atoms with van der Waals surface area (Å²) in [4.78, 5) is 5.61. The number of nitrogens with two attached hydrogens (primary N) is 1. The smallest absolute Gasteiger partial charge is 0.154 e. The fourth-order valence-corrected chi connectivity index (χ4v) is 5.11. The fourth-order valence-electron chi connectivity index (χ4n) is 3.45. The van der Waals surface area contributed by atoms with E-state index in [-0.39, 0.29) is 0 Å². The first kappa shape index (κ1) is 24.7. The van der Waals surface area contributed by atoms with Crippen molar-refractivity contribution in [2.45, 2.75) is 0 Å². The maximum Gasteiger partial charge on any atom is 0.154 e. The number of nitrogen functional groups attached to an aromatic ring is 1. The van der Waals surface area contributed by atoms with E-state index in [1.54, 1.807) is 41.7 Å². The molecule has 180 valence electrons. The number of nitrogens with one attached hydrogen (secondary N) is 1. The molecule has 3 aromatic carbocycles. The van der Waals surface area contributed by atoms with Crippen molar-refractivity contribution in [3.8, 4) is 10.6 Å². The molecule has 3 aromatic heterocycles. The summed E-state index contributed by atoms with van der Waals surface area (Å²) in [7, 11) is 0. The third-order valence-electron chi connectivity index (χ3n) is 5.18. The number of rotatable bonds is 3. The standard InChI is InChI=1S/C20H12Cl2N4S.C6H5Cl2N/c21-14-6-5-13(10-15(14)22)24-19-7-8-20-23-11-16(26(20)25-19)18-9-12-3-1-2-4-17(12)27-18;7-5-2-1-4(9)3-6(5)8/h1-11H,(H,24,25);1-3H,9H2. The molecule has 5 nitrogen and oxygen atoms in total. The first-order valence-corrected chi connectivity index (χ1v) is 13.0. The zero-order chi connectivity index (χ0) is 25.2. The van der Waals surface area contributed by atoms with Gasteiger partial charge in [0.1, 0.15) is 5.69 Å². The molecule has 0 aliphatic carbocycles. The average Bonchev–Trinajstić information content (AvgIpc) is 3.48. The van der Waals surface area contributed by atoms with Crippen LogP contribution in [-0.2, 0) is 0 Å². The molecular weight excluding hydrogens is 556 g/mol. The zero-order valence-corrected chi connectivity index (χ0v) is 22.3. The van der Waals surface area contributed by atoms with Gasteiger partial charge < -0.3 is 11.1 Å². The molecule has 0 aliphatic heterocycles. The van der Waals surface area contributed by atoms with Crippen molar-refractivity contribution in [3.63, 3.8) is 0 Å². The topological polar surface area (TPSA) is 68.2 Å². The van der Waals surface area contributed by atoms with Crippen LogP contribution >= 0.6 is 57.7 Å². The Balaban J connectivity index is 0.000000252. The van der Waals surface area contributed by atoms with Gasteiger partial charge >= 0.3 is 0 Å². The second-order valence-corrected chi connectivity index (χ2v) is 10.4. The Hall–Kier alpha value is -3.00. The van der Waals surface area contributed by atoms with Crippen LogP contribution in [0.25, 0.3) is 26.3 Å². The van der Waals surface area contributed by atoms with Gasteiger partial charge in [-0.2, -0.15) is 0 Å². The Morgan fingerprint density at radius 3 is 2.25 bits per heavy atom. The van der Waals surface area contributed by atoms with Gasteiger partial charge in [-0.25, -0.2) is 9.50 Å². The Morgan fingerprint density at radius 2 is 1.53 bits per heavy atom. The maximum absolute atomic E-state index is 6.10. The van der Waals surface area contributed by atoms with Crippen LogP contribution in [0.2, 0.25) is 20.1 Å². The van der Waals surface area contributed by atoms with E-state index < -0.39 is 0 Å². The molecule has 3 heterocycles. The third-order valence-corrected chi connectivity index (χ3v) is 7.79. The molecule has 10 heteroatoms. The van der Waals surface area contributed by atoms with Gasteiger partial charge in [-0.05, 0) is 66.0 Å². The van der Waals surface area contributed by atoms with Gasteiger partial charge in [0.15, 0.2) is 11.5 Å². The molecule has 3 N–H and O–H groups in total. The predicted molar refractivity (Wildman–Crippen MR) is 154 cm³/mol. The lowest BCUT2D eigenvalue weighted by molar-refractivity contribution is 0.951. The van der Waals surface area contributed by atoms with E-state index in [1.807, 2.05) is 35.0 Å². The highest BCUT2D eigenvalue weighted by atomic mass is 35.5. The minimum atomic E-state index is 0.497. The molecule has 0 aliphatic rings. The maximum atomic E-state index is 6.10. The summed E-state index contributed by atoms with van der Waals surface area (Å²) in [5.74, 6) is 0.696. The van der Waals surface area contributed by atoms with Gasteiger partial charge in [-0.3, -0.25) is 0 Å². The second-order valence-electron chi connectivity index (χ2n) is 7.71. The van der Waals surface area contributed by atoms with Gasteiger partial charge in [0.2, 0.25) is 0 Å². The number of thiophene rings is 1. The van der Waals surface area contributed by atoms with E-state index >= 15 is 0 Å². The molecule has 6 rings (SSSR count). The summed E-state index contributed by atoms with van der Waals surface area (Å²) < 4.78 is 3.09. The number of imidazole rings is 1. The van der Waals surface area contributed by atoms with Crippen molar-refractivity contribution in [1.29, 1.82) is 0 Å². The predicted octanol–water partition coefficient (Wildman–Crippen LogP) is 9.24. The van der Waals surface area contributed by atoms with Crippen molar-refractivity contribution in [2.24, 2.45) is 0 Å². The van der Waals surface area contributed by atoms with Crippen molar-refractivity contribution >= 4 is 90.7 Å². The molecule has 0 amide bonds. The van der Waals surface area contributed by atoms with Crippen LogP contribution in [0, 0.1) is 0 Å². The van der Waals surface area contributed by atoms with Crippen molar-refractivity contribution in [1.82, 2.24) is 14.6 Å². The normalized spacial score (nSPS) is 10.9. The summed E-state index contributed by atoms with van der Waals surface area (Å²) >= 11 is 25.0. The summed E-state index contributed by atoms with van der Waals surface area (Å²) in [6.45, 7) is 0. The number of nitrogens with zero attached hydrogens (tertiary/aromatic N) is 3. The van der Waals surface area contributed by atoms with E-state index in [2.05, 4.69) is 34.6 Å². The first-order chi connectivity index (χ1) is 17.4. The second kappa shape index (κ2) is 10.5. The summed E-state index contributed by atoms with van der Waals surface area (Å²) in [6, 6.07) is 24.7. The quantitative estimate of drug-likeness (QED) is 0.207. The average molecular weight is 573 g/mol. The Labute approximate surface area is 231 Å². The number of anilines is 3. The Bertz CT molecular complexity index is 1660. The lowest BCUT2D eigenvalue weighted by atomic mass is 10.2. The van der Waals surface area contributed by atoms with Crippen LogP contribution in [0.4, 0.5) is 17.2 Å². The summed E-state index contributed by atoms with van der Waals surface area (Å²) in [5.41, 5.74) is 8.59. The largest absolute Gasteiger partial charge is 0.399 e. The SMILES string of the molecule is Clc1ccc(Nc2ccc3ncc(-c4cc5ccccc5s4)n3n2)cc1Cl.Nc1ccc(Cl)c(Cl)c1. The Kier molecular flexibility index (Phi) is 7.23. The highest BCUT2D eigenvalue weighted by Gasteiger charge is 2.11. The van der Waals surface area contributed by atoms with E-state index in [4.69, 9.17) is 57.2 Å². The zero-order valence-electron chi connectivity index (χ0n) is 18.4. The Morgan fingerprint density at radius 1 is 0.778 bits per heavy atom. The highest BCUT2D eigenvalue weighted by Crippen LogP contribution is 2.34. The molecular formula is C26H17Cl4N5S. The molecule has 0 saturated carbocycles. The third kappa shape index (κ3) is 5.38. The van der Waals surface area contributed by atoms with Crippen LogP contribution in [0.1, 0.15) is 0 Å². The van der Waals surface area contributed by atoms with Crippen LogP contribution in [-0.4, -0.2) is 14.6 Å². The van der Waals surface area contributed by atoms with Crippen molar-refractivity contribution in [2.75, 3.05) is 11.1 Å². The molecule has 0 radical (unpaired) electrons. The van der Waals surface area contributed by atoms with Gasteiger partial charge in [0.05, 0.1) is 31.2 Å². The summed E-state index contributed by atoms with van der Waals surface area (Å²) in [6.07, 6.45) is 1.86. The van der Waals surface area contributed by atoms with E-state index in [0.29, 0.717) is 31.6 Å². The lowest BCUT2D eigenvalue weighted by Crippen LogP contribution is -1.99. The summed E-state index contributed by atoms with van der Waals surface area (Å²) in [5, 5.41) is 11.2. The van der Waals surface area contributed by atoms with Crippen molar-refractivity contribution in [3.05, 3.63) is 105 Å². The van der Waals surface area contributed by atoms with Crippen LogP contribution in [0.15, 0.2) is 85.1 Å². The fraction of sp³-hybridized carbons (Fsp3) is 0. The number of benzene rings is 3. The number of hydrogen-bond acceptors (Lipinski definition) is 5. The molecule has 0 spiro atoms. The molecule has 0 unspecified atom stereocenters. The van der Waals surface area contributed by atoms with Gasteiger partial charge in [0, 0.05) is 16.1 Å². The minimum absolute atomic E-state index is 0.497. The molecule has 6 aromatic rings. The van der Waals surface area contributed by atoms with E-state index in [0.717, 1.165) is 21.9 Å². The van der Waals surface area contributed by atoms with Crippen LogP contribution < -0.4 is 11.1 Å². The molecule has 0 saturated heterocycles. The molecule has 0 bridgehead atoms. The number of aromatic nitrogens is 3. The van der Waals surface area contributed by atoms with E-state index in [9.17, 15) is 0 Å². The van der Waals surface area contributed by atoms with Crippen molar-refractivity contribution < 1.29 is 0 Å². The van der Waals surface area contributed by atoms with Gasteiger partial charge in [0.25, 0.3) is 0 Å². The number of hydrogen-bond donors (Lipinski definition) is 2. The van der Waals surface area contributed by atoms with Crippen LogP contribution in [0.3, 0.4) is 0 Å². The molecule has 36 heavy (non-hydrogen) atoms. The number of fused-ring (bicyclic) bond motifs is 2. The monoisotopic (exact) mass is 571 g/mol. The van der Waals surface area contributed by atoms with Crippen LogP contribution in [0.5, 0.6) is 0 Å². The number of halogens is 4. The molecule has 0 atom stereocenters. The van der Waals surface area contributed by atoms with E-state index in [1.165, 1.54) is 10.1 Å².